The van der Waals surface area contributed by atoms with Gasteiger partial charge >= 0.3 is 0 Å². The molecule has 0 bridgehead atoms. The zero-order valence-corrected chi connectivity index (χ0v) is 20.0. The van der Waals surface area contributed by atoms with E-state index in [1.54, 1.807) is 0 Å². The Bertz CT molecular complexity index is 558. The number of rotatable bonds is 11. The molecule has 0 spiro atoms. The van der Waals surface area contributed by atoms with Crippen molar-refractivity contribution in [2.45, 2.75) is 58.9 Å². The number of pyridine rings is 1. The molecule has 0 atom stereocenters. The maximum atomic E-state index is 6.00. The number of halogens is 1. The first-order chi connectivity index (χ1) is 13.2. The lowest BCUT2D eigenvalue weighted by Gasteiger charge is -2.34. The minimum atomic E-state index is 0. The molecule has 0 saturated carbocycles. The first kappa shape index (κ1) is 24.9. The Hall–Kier alpha value is -1.09. The maximum Gasteiger partial charge on any atom is 0.188 e. The summed E-state index contributed by atoms with van der Waals surface area (Å²) >= 11 is 0. The Morgan fingerprint density at radius 2 is 1.82 bits per heavy atom. The predicted octanol–water partition coefficient (Wildman–Crippen LogP) is 3.61. The van der Waals surface area contributed by atoms with E-state index in [0.717, 1.165) is 57.1 Å². The number of unbranched alkanes of at least 4 members (excludes halogenated alkanes) is 5. The molecule has 1 aliphatic heterocycles. The van der Waals surface area contributed by atoms with Crippen LogP contribution in [0.4, 0.5) is 5.82 Å². The Labute approximate surface area is 188 Å². The quantitative estimate of drug-likeness (QED) is 0.210. The summed E-state index contributed by atoms with van der Waals surface area (Å²) in [5.74, 6) is 1.59. The summed E-state index contributed by atoms with van der Waals surface area (Å²) in [4.78, 5) is 13.9. The van der Waals surface area contributed by atoms with Crippen molar-refractivity contribution in [3.63, 3.8) is 0 Å². The Morgan fingerprint density at radius 1 is 1.11 bits per heavy atom. The Balaban J connectivity index is 0.00000392. The van der Waals surface area contributed by atoms with Gasteiger partial charge in [-0.25, -0.2) is 9.98 Å². The van der Waals surface area contributed by atoms with E-state index in [1.165, 1.54) is 32.1 Å². The number of anilines is 1. The van der Waals surface area contributed by atoms with Crippen LogP contribution < -0.4 is 16.0 Å². The van der Waals surface area contributed by atoms with Gasteiger partial charge in [0.25, 0.3) is 0 Å². The number of nitrogens with one attached hydrogen (secondary N) is 1. The lowest BCUT2D eigenvalue weighted by Crippen LogP contribution is -2.46. The van der Waals surface area contributed by atoms with Crippen LogP contribution >= 0.6 is 24.0 Å². The normalized spacial score (nSPS) is 15.4. The molecular formula is C21H39IN6. The first-order valence-corrected chi connectivity index (χ1v) is 10.7. The average molecular weight is 502 g/mol. The van der Waals surface area contributed by atoms with Gasteiger partial charge in [-0.05, 0) is 30.7 Å². The third kappa shape index (κ3) is 9.41. The molecule has 0 amide bonds. The van der Waals surface area contributed by atoms with Crippen molar-refractivity contribution in [1.29, 1.82) is 0 Å². The molecular weight excluding hydrogens is 463 g/mol. The van der Waals surface area contributed by atoms with Crippen molar-refractivity contribution in [3.8, 4) is 0 Å². The van der Waals surface area contributed by atoms with Crippen LogP contribution in [0.15, 0.2) is 23.3 Å². The molecule has 160 valence electrons. The molecule has 0 radical (unpaired) electrons. The number of likely N-dealkylation sites (N-methyl/N-ethyl adjacent to an activating group) is 1. The van der Waals surface area contributed by atoms with Crippen LogP contribution in [-0.4, -0.2) is 55.1 Å². The van der Waals surface area contributed by atoms with E-state index in [0.29, 0.717) is 12.5 Å². The van der Waals surface area contributed by atoms with Crippen molar-refractivity contribution in [2.24, 2.45) is 10.7 Å². The molecule has 1 aromatic heterocycles. The van der Waals surface area contributed by atoms with Crippen LogP contribution in [0, 0.1) is 0 Å². The number of aliphatic imine (C=N–C) groups is 1. The average Bonchev–Trinajstić information content (AvgIpc) is 2.72. The molecule has 2 rings (SSSR count). The maximum absolute atomic E-state index is 6.00. The second kappa shape index (κ2) is 14.8. The number of hydrogen-bond acceptors (Lipinski definition) is 4. The molecule has 0 unspecified atom stereocenters. The third-order valence-electron chi connectivity index (χ3n) is 5.22. The van der Waals surface area contributed by atoms with Gasteiger partial charge in [0.1, 0.15) is 5.82 Å². The van der Waals surface area contributed by atoms with Gasteiger partial charge in [0.2, 0.25) is 0 Å². The van der Waals surface area contributed by atoms with E-state index in [9.17, 15) is 0 Å². The summed E-state index contributed by atoms with van der Waals surface area (Å²) in [6, 6.07) is 4.17. The topological polar surface area (TPSA) is 69.8 Å². The fraction of sp³-hybridized carbons (Fsp3) is 0.714. The molecule has 1 fully saturated rings. The molecule has 1 saturated heterocycles. The third-order valence-corrected chi connectivity index (χ3v) is 5.22. The lowest BCUT2D eigenvalue weighted by molar-refractivity contribution is 0.270. The first-order valence-electron chi connectivity index (χ1n) is 10.7. The predicted molar refractivity (Wildman–Crippen MR) is 131 cm³/mol. The fourth-order valence-corrected chi connectivity index (χ4v) is 3.38. The summed E-state index contributed by atoms with van der Waals surface area (Å²) in [6.45, 7) is 11.4. The van der Waals surface area contributed by atoms with Gasteiger partial charge in [-0.3, -0.25) is 0 Å². The van der Waals surface area contributed by atoms with Crippen molar-refractivity contribution < 1.29 is 0 Å². The zero-order chi connectivity index (χ0) is 19.3. The van der Waals surface area contributed by atoms with Crippen molar-refractivity contribution in [1.82, 2.24) is 15.2 Å². The summed E-state index contributed by atoms with van der Waals surface area (Å²) < 4.78 is 0. The molecule has 28 heavy (non-hydrogen) atoms. The standard InChI is InChI=1S/C21H38N6.HI/c1-3-5-6-7-8-9-11-24-21(22)25-18-19-10-12-23-20(17-19)27-15-13-26(4-2)14-16-27;/h10,12,17H,3-9,11,13-16,18H2,1-2H3,(H3,22,24,25);1H. The fourth-order valence-electron chi connectivity index (χ4n) is 3.38. The van der Waals surface area contributed by atoms with E-state index in [-0.39, 0.29) is 24.0 Å². The largest absolute Gasteiger partial charge is 0.370 e. The molecule has 7 heteroatoms. The van der Waals surface area contributed by atoms with E-state index in [4.69, 9.17) is 5.73 Å². The molecule has 0 aliphatic carbocycles. The Kier molecular flexibility index (Phi) is 13.2. The van der Waals surface area contributed by atoms with Crippen LogP contribution in [0.1, 0.15) is 57.9 Å². The number of hydrogen-bond donors (Lipinski definition) is 2. The highest BCUT2D eigenvalue weighted by Crippen LogP contribution is 2.15. The SMILES string of the molecule is CCCCCCCCNC(N)=NCc1ccnc(N2CCN(CC)CC2)c1.I. The lowest BCUT2D eigenvalue weighted by atomic mass is 10.1. The summed E-state index contributed by atoms with van der Waals surface area (Å²) in [7, 11) is 0. The number of nitrogens with zero attached hydrogens (tertiary/aromatic N) is 4. The summed E-state index contributed by atoms with van der Waals surface area (Å²) in [5.41, 5.74) is 7.16. The van der Waals surface area contributed by atoms with Gasteiger partial charge in [-0.1, -0.05) is 46.0 Å². The second-order valence-corrected chi connectivity index (χ2v) is 7.34. The van der Waals surface area contributed by atoms with Gasteiger partial charge in [0.15, 0.2) is 5.96 Å². The van der Waals surface area contributed by atoms with Crippen molar-refractivity contribution in [3.05, 3.63) is 23.9 Å². The van der Waals surface area contributed by atoms with E-state index in [1.807, 2.05) is 12.3 Å². The highest BCUT2D eigenvalue weighted by molar-refractivity contribution is 14.0. The van der Waals surface area contributed by atoms with Crippen LogP contribution in [0.2, 0.25) is 0 Å². The number of aromatic nitrogens is 1. The molecule has 3 N–H and O–H groups in total. The number of piperazine rings is 1. The smallest absolute Gasteiger partial charge is 0.188 e. The van der Waals surface area contributed by atoms with E-state index < -0.39 is 0 Å². The highest BCUT2D eigenvalue weighted by atomic mass is 127. The molecule has 0 aromatic carbocycles. The van der Waals surface area contributed by atoms with E-state index in [2.05, 4.69) is 45.0 Å². The monoisotopic (exact) mass is 502 g/mol. The second-order valence-electron chi connectivity index (χ2n) is 7.34. The van der Waals surface area contributed by atoms with Gasteiger partial charge in [0, 0.05) is 38.9 Å². The van der Waals surface area contributed by atoms with Crippen LogP contribution in [0.5, 0.6) is 0 Å². The van der Waals surface area contributed by atoms with Gasteiger partial charge in [-0.15, -0.1) is 24.0 Å². The van der Waals surface area contributed by atoms with Gasteiger partial charge < -0.3 is 20.9 Å². The highest BCUT2D eigenvalue weighted by Gasteiger charge is 2.16. The summed E-state index contributed by atoms with van der Waals surface area (Å²) in [6.07, 6.45) is 9.61. The minimum absolute atomic E-state index is 0. The number of nitrogens with two attached hydrogens (primary N) is 1. The van der Waals surface area contributed by atoms with Crippen LogP contribution in [-0.2, 0) is 6.54 Å². The van der Waals surface area contributed by atoms with Crippen molar-refractivity contribution in [2.75, 3.05) is 44.2 Å². The van der Waals surface area contributed by atoms with Crippen LogP contribution in [0.25, 0.3) is 0 Å². The van der Waals surface area contributed by atoms with Gasteiger partial charge in [-0.2, -0.15) is 0 Å². The molecule has 2 heterocycles. The molecule has 6 nitrogen and oxygen atoms in total. The summed E-state index contributed by atoms with van der Waals surface area (Å²) in [5, 5.41) is 3.23. The van der Waals surface area contributed by atoms with Crippen molar-refractivity contribution >= 4 is 35.8 Å². The zero-order valence-electron chi connectivity index (χ0n) is 17.7. The molecule has 1 aromatic rings. The Morgan fingerprint density at radius 3 is 2.54 bits per heavy atom. The van der Waals surface area contributed by atoms with E-state index >= 15 is 0 Å². The minimum Gasteiger partial charge on any atom is -0.370 e. The number of guanidine groups is 1. The van der Waals surface area contributed by atoms with Crippen LogP contribution in [0.3, 0.4) is 0 Å². The molecule has 1 aliphatic rings. The van der Waals surface area contributed by atoms with Gasteiger partial charge in [0.05, 0.1) is 6.54 Å².